The lowest BCUT2D eigenvalue weighted by atomic mass is 9.90. The molecule has 0 saturated carbocycles. The number of esters is 8. The second-order valence-electron chi connectivity index (χ2n) is 16.6. The van der Waals surface area contributed by atoms with Crippen LogP contribution in [0.3, 0.4) is 0 Å². The molecule has 0 N–H and O–H groups in total. The van der Waals surface area contributed by atoms with Gasteiger partial charge in [0.2, 0.25) is 0 Å². The molecule has 20 atom stereocenters. The second-order valence-corrected chi connectivity index (χ2v) is 16.6. The van der Waals surface area contributed by atoms with Crippen LogP contribution in [0.4, 0.5) is 0 Å². The van der Waals surface area contributed by atoms with Crippen LogP contribution in [0.5, 0.6) is 0 Å². The van der Waals surface area contributed by atoms with E-state index in [1.807, 2.05) is 0 Å². The molecule has 4 aliphatic rings. The highest BCUT2D eigenvalue weighted by atomic mass is 16.8. The Bertz CT molecular complexity index is 1860. The summed E-state index contributed by atoms with van der Waals surface area (Å²) >= 11 is 0. The monoisotopic (exact) mass is 1040 g/mol. The molecule has 4 rings (SSSR count). The lowest BCUT2D eigenvalue weighted by Crippen LogP contribution is -2.69. The van der Waals surface area contributed by atoms with E-state index in [9.17, 15) is 38.4 Å². The summed E-state index contributed by atoms with van der Waals surface area (Å²) in [6, 6.07) is 0. The molecule has 4 fully saturated rings. The van der Waals surface area contributed by atoms with E-state index in [0.717, 1.165) is 55.8 Å². The topological polar surface area (TPSA) is 321 Å². The third kappa shape index (κ3) is 14.7. The third-order valence-corrected chi connectivity index (χ3v) is 11.7. The number of rotatable bonds is 21. The summed E-state index contributed by atoms with van der Waals surface area (Å²) in [5.41, 5.74) is 0. The van der Waals surface area contributed by atoms with Gasteiger partial charge in [-0.25, -0.2) is 9.59 Å². The van der Waals surface area contributed by atoms with Crippen molar-refractivity contribution in [3.8, 4) is 0 Å². The van der Waals surface area contributed by atoms with E-state index in [0.29, 0.717) is 0 Å². The molecule has 0 radical (unpaired) electrons. The summed E-state index contributed by atoms with van der Waals surface area (Å²) in [7, 11) is 8.48. The minimum Gasteiger partial charge on any atom is -0.467 e. The Balaban J connectivity index is 1.83. The number of hydrogen-bond acceptors (Lipinski definition) is 28. The molecule has 0 aromatic heterocycles. The normalized spacial score (nSPS) is 36.7. The number of methoxy groups -OCH3 is 7. The summed E-state index contributed by atoms with van der Waals surface area (Å²) in [6.45, 7) is 6.90. The average molecular weight is 1040 g/mol. The summed E-state index contributed by atoms with van der Waals surface area (Å²) in [5.74, 6) is -7.72. The Morgan fingerprint density at radius 2 is 0.694 bits per heavy atom. The molecular weight excluding hydrogens is 976 g/mol. The maximum Gasteiger partial charge on any atom is 0.337 e. The molecule has 4 heterocycles. The van der Waals surface area contributed by atoms with Crippen LogP contribution in [0.2, 0.25) is 0 Å². The van der Waals surface area contributed by atoms with Crippen LogP contribution in [0.15, 0.2) is 0 Å². The van der Waals surface area contributed by atoms with Gasteiger partial charge in [0, 0.05) is 83.0 Å². The molecule has 0 amide bonds. The molecule has 410 valence electrons. The van der Waals surface area contributed by atoms with Crippen molar-refractivity contribution in [2.24, 2.45) is 5.92 Å². The first-order valence-corrected chi connectivity index (χ1v) is 22.4. The number of ether oxygens (including phenoxy) is 20. The summed E-state index contributed by atoms with van der Waals surface area (Å²) in [6.07, 6.45) is -29.0. The van der Waals surface area contributed by atoms with Gasteiger partial charge in [-0.3, -0.25) is 28.8 Å². The van der Waals surface area contributed by atoms with Gasteiger partial charge >= 0.3 is 47.8 Å². The van der Waals surface area contributed by atoms with Crippen molar-refractivity contribution in [2.75, 3.05) is 63.0 Å². The minimum absolute atomic E-state index is 0.537. The molecule has 0 spiro atoms. The molecule has 28 heteroatoms. The highest BCUT2D eigenvalue weighted by Crippen LogP contribution is 2.40. The largest absolute Gasteiger partial charge is 0.467 e. The van der Waals surface area contributed by atoms with Crippen LogP contribution in [0.1, 0.15) is 48.5 Å². The first-order chi connectivity index (χ1) is 34.1. The van der Waals surface area contributed by atoms with Gasteiger partial charge < -0.3 is 94.7 Å². The minimum atomic E-state index is -1.91. The molecule has 8 unspecified atom stereocenters. The van der Waals surface area contributed by atoms with Crippen LogP contribution in [0.25, 0.3) is 0 Å². The van der Waals surface area contributed by atoms with E-state index in [1.54, 1.807) is 6.92 Å². The zero-order valence-electron chi connectivity index (χ0n) is 42.4. The van der Waals surface area contributed by atoms with Gasteiger partial charge in [0.25, 0.3) is 0 Å². The van der Waals surface area contributed by atoms with E-state index >= 15 is 0 Å². The van der Waals surface area contributed by atoms with Crippen LogP contribution in [-0.4, -0.2) is 227 Å². The molecule has 0 aromatic rings. The highest BCUT2D eigenvalue weighted by Gasteiger charge is 2.60. The van der Waals surface area contributed by atoms with E-state index in [-0.39, 0.29) is 0 Å². The summed E-state index contributed by atoms with van der Waals surface area (Å²) in [5, 5.41) is 0. The van der Waals surface area contributed by atoms with Gasteiger partial charge in [-0.1, -0.05) is 6.92 Å². The first kappa shape index (κ1) is 59.8. The highest BCUT2D eigenvalue weighted by molar-refractivity contribution is 5.76. The van der Waals surface area contributed by atoms with Gasteiger partial charge in [-0.15, -0.1) is 0 Å². The number of carbonyl (C=O) groups is 8. The first-order valence-electron chi connectivity index (χ1n) is 22.4. The van der Waals surface area contributed by atoms with Crippen molar-refractivity contribution in [1.29, 1.82) is 0 Å². The lowest BCUT2D eigenvalue weighted by molar-refractivity contribution is -0.386. The molecule has 4 aliphatic heterocycles. The zero-order valence-corrected chi connectivity index (χ0v) is 42.4. The predicted octanol–water partition coefficient (Wildman–Crippen LogP) is -1.42. The van der Waals surface area contributed by atoms with Gasteiger partial charge in [-0.05, 0) is 0 Å². The van der Waals surface area contributed by atoms with Crippen molar-refractivity contribution in [1.82, 2.24) is 0 Å². The van der Waals surface area contributed by atoms with Gasteiger partial charge in [-0.2, -0.15) is 0 Å². The van der Waals surface area contributed by atoms with Gasteiger partial charge in [0.1, 0.15) is 62.0 Å². The maximum absolute atomic E-state index is 13.9. The second kappa shape index (κ2) is 27.5. The van der Waals surface area contributed by atoms with Crippen LogP contribution >= 0.6 is 0 Å². The zero-order chi connectivity index (χ0) is 53.7. The maximum atomic E-state index is 13.9. The van der Waals surface area contributed by atoms with Crippen LogP contribution < -0.4 is 0 Å². The van der Waals surface area contributed by atoms with Crippen LogP contribution in [0, 0.1) is 5.92 Å². The standard InChI is InChI=1S/C44H66O28/c1-17-26(53-8)35(55-10)42(68-27(17)39(51)57-12)69-29-25(16-61-19(3)46)67-44(38(65-23(7)50)32(29)63-21(5)48)71-33-30(54-9)36(56-11)43(72-34(33)40(52)58-13)70-28-24(15-60-18(2)45)66-41(59-14)37(64-22(6)49)31(28)62-20(4)47/h17,24-38,41-44H,15-16H2,1-14H3/t17-,24?,25-,26-,27?,28+,29+,30?,31-,32?,33-,34+,35?,36?,37?,38?,41-,42-,43-,44+/m0/s1. The molecular formula is C44H66O28. The molecule has 0 bridgehead atoms. The average Bonchev–Trinajstić information content (AvgIpc) is 3.32. The predicted molar refractivity (Wildman–Crippen MR) is 228 cm³/mol. The Morgan fingerprint density at radius 1 is 0.347 bits per heavy atom. The smallest absolute Gasteiger partial charge is 0.337 e. The fraction of sp³-hybridized carbons (Fsp3) is 0.818. The Labute approximate surface area is 414 Å². The van der Waals surface area contributed by atoms with Crippen molar-refractivity contribution in [3.63, 3.8) is 0 Å². The molecule has 0 aromatic carbocycles. The Kier molecular flexibility index (Phi) is 22.9. The summed E-state index contributed by atoms with van der Waals surface area (Å²) < 4.78 is 116. The molecule has 0 aliphatic carbocycles. The third-order valence-electron chi connectivity index (χ3n) is 11.7. The van der Waals surface area contributed by atoms with Crippen molar-refractivity contribution < 1.29 is 133 Å². The lowest BCUT2D eigenvalue weighted by Gasteiger charge is -2.51. The van der Waals surface area contributed by atoms with E-state index in [2.05, 4.69) is 0 Å². The Hall–Kier alpha value is -4.72. The Morgan fingerprint density at radius 3 is 1.08 bits per heavy atom. The number of hydrogen-bond donors (Lipinski definition) is 0. The van der Waals surface area contributed by atoms with Crippen LogP contribution in [-0.2, 0) is 133 Å². The van der Waals surface area contributed by atoms with Crippen molar-refractivity contribution in [3.05, 3.63) is 0 Å². The molecule has 4 saturated heterocycles. The summed E-state index contributed by atoms with van der Waals surface area (Å²) in [4.78, 5) is 102. The fourth-order valence-electron chi connectivity index (χ4n) is 8.76. The van der Waals surface area contributed by atoms with E-state index in [4.69, 9.17) is 94.7 Å². The number of carbonyl (C=O) groups excluding carboxylic acids is 8. The quantitative estimate of drug-likeness (QED) is 0.0941. The van der Waals surface area contributed by atoms with Gasteiger partial charge in [0.15, 0.2) is 61.8 Å². The fourth-order valence-corrected chi connectivity index (χ4v) is 8.76. The van der Waals surface area contributed by atoms with E-state index in [1.165, 1.54) is 35.5 Å². The SMILES string of the molecule is COC(=O)C1O[C@@H](O[C@H]2C(OC(C)=O)C(OC(C)=O)[C@@H](O[C@H]3C(OC)C(OC)[C@@H](O[C@@H]4C(COC(C)=O)O[C@H](OC)C(OC(C)=O)[C@H]4OC(C)=O)O[C@H]3C(=O)OC)O[C@H]2COC(C)=O)C(OC)[C@@H](OC)[C@@H]1C. The molecule has 28 nitrogen and oxygen atoms in total. The molecule has 72 heavy (non-hydrogen) atoms. The van der Waals surface area contributed by atoms with Crippen molar-refractivity contribution in [2.45, 2.75) is 165 Å². The van der Waals surface area contributed by atoms with Crippen molar-refractivity contribution >= 4 is 47.8 Å². The van der Waals surface area contributed by atoms with E-state index < -0.39 is 184 Å². The van der Waals surface area contributed by atoms with Gasteiger partial charge in [0.05, 0.1) is 20.3 Å².